The summed E-state index contributed by atoms with van der Waals surface area (Å²) >= 11 is 0. The van der Waals surface area contributed by atoms with Crippen LogP contribution in [0.25, 0.3) is 0 Å². The molecule has 0 saturated carbocycles. The lowest BCUT2D eigenvalue weighted by Gasteiger charge is -2.12. The number of hydrogen-bond acceptors (Lipinski definition) is 1. The third kappa shape index (κ3) is 3.11. The maximum atomic E-state index is 12.0. The third-order valence-electron chi connectivity index (χ3n) is 0.910. The van der Waals surface area contributed by atoms with Gasteiger partial charge in [-0.2, -0.15) is 30.7 Å². The molecule has 0 aromatic heterocycles. The van der Waals surface area contributed by atoms with Crippen molar-refractivity contribution < 1.29 is 35.5 Å². The second-order valence-corrected chi connectivity index (χ2v) is 1.84. The summed E-state index contributed by atoms with van der Waals surface area (Å²) in [6, 6.07) is 0. The summed E-state index contributed by atoms with van der Waals surface area (Å²) in [5, 5.41) is 0. The predicted molar refractivity (Wildman–Crippen MR) is 27.3 cm³/mol. The van der Waals surface area contributed by atoms with Gasteiger partial charge in [0.05, 0.1) is 7.11 Å². The van der Waals surface area contributed by atoms with Gasteiger partial charge in [0.25, 0.3) is 5.83 Å². The Balaban J connectivity index is 5.16. The molecule has 0 spiro atoms. The number of methoxy groups -OCH3 is 1. The van der Waals surface area contributed by atoms with Crippen molar-refractivity contribution in [3.8, 4) is 0 Å². The van der Waals surface area contributed by atoms with E-state index in [1.165, 1.54) is 0 Å². The van der Waals surface area contributed by atoms with Crippen molar-refractivity contribution in [2.75, 3.05) is 7.11 Å². The first kappa shape index (κ1) is 12.0. The lowest BCUT2D eigenvalue weighted by atomic mass is 10.4. The Bertz CT molecular complexity index is 210. The van der Waals surface area contributed by atoms with Crippen LogP contribution in [-0.2, 0) is 4.74 Å². The summed E-state index contributed by atoms with van der Waals surface area (Å²) in [6.45, 7) is 0. The van der Waals surface area contributed by atoms with E-state index in [1.807, 2.05) is 0 Å². The van der Waals surface area contributed by atoms with Crippen LogP contribution in [0.2, 0.25) is 0 Å². The molecule has 0 aliphatic heterocycles. The minimum Gasteiger partial charge on any atom is -0.490 e. The van der Waals surface area contributed by atoms with Crippen LogP contribution in [0.3, 0.4) is 0 Å². The molecule has 8 heteroatoms. The molecule has 0 atom stereocenters. The minimum absolute atomic E-state index is 0.300. The number of alkyl halides is 6. The lowest BCUT2D eigenvalue weighted by molar-refractivity contribution is -0.152. The summed E-state index contributed by atoms with van der Waals surface area (Å²) in [6.07, 6.45) is -11.2. The Kier molecular flexibility index (Phi) is 3.18. The molecular weight excluding hydrogens is 209 g/mol. The summed E-state index contributed by atoms with van der Waals surface area (Å²) in [5.74, 6) is -5.97. The summed E-state index contributed by atoms with van der Waals surface area (Å²) in [5.41, 5.74) is 0. The fourth-order valence-electron chi connectivity index (χ4n) is 0.459. The van der Waals surface area contributed by atoms with Crippen molar-refractivity contribution >= 4 is 0 Å². The molecule has 0 radical (unpaired) electrons. The lowest BCUT2D eigenvalue weighted by Crippen LogP contribution is -2.21. The van der Waals surface area contributed by atoms with Crippen LogP contribution in [0.15, 0.2) is 11.6 Å². The highest BCUT2D eigenvalue weighted by atomic mass is 19.4. The molecule has 0 heterocycles. The zero-order valence-corrected chi connectivity index (χ0v) is 6.05. The molecule has 0 unspecified atom stereocenters. The molecule has 0 N–H and O–H groups in total. The molecular formula is C5H3F7O. The second kappa shape index (κ2) is 3.43. The number of rotatable bonds is 1. The largest absolute Gasteiger partial charge is 0.490 e. The molecule has 0 amide bonds. The van der Waals surface area contributed by atoms with E-state index in [2.05, 4.69) is 4.74 Å². The monoisotopic (exact) mass is 212 g/mol. The summed E-state index contributed by atoms with van der Waals surface area (Å²) in [4.78, 5) is 0. The van der Waals surface area contributed by atoms with Crippen molar-refractivity contribution in [3.05, 3.63) is 11.6 Å². The molecule has 0 aromatic rings. The number of ether oxygens (including phenoxy) is 1. The minimum atomic E-state index is -5.69. The van der Waals surface area contributed by atoms with Gasteiger partial charge in [0.2, 0.25) is 5.76 Å². The molecule has 0 saturated heterocycles. The van der Waals surface area contributed by atoms with Gasteiger partial charge in [-0.1, -0.05) is 0 Å². The van der Waals surface area contributed by atoms with Gasteiger partial charge in [0.15, 0.2) is 0 Å². The first-order valence-electron chi connectivity index (χ1n) is 2.69. The normalized spacial score (nSPS) is 15.4. The van der Waals surface area contributed by atoms with Crippen LogP contribution >= 0.6 is 0 Å². The van der Waals surface area contributed by atoms with Gasteiger partial charge in [-0.05, 0) is 0 Å². The summed E-state index contributed by atoms with van der Waals surface area (Å²) < 4.78 is 84.2. The van der Waals surface area contributed by atoms with Crippen LogP contribution in [0, 0.1) is 0 Å². The van der Waals surface area contributed by atoms with Crippen molar-refractivity contribution in [2.24, 2.45) is 0 Å². The second-order valence-electron chi connectivity index (χ2n) is 1.84. The zero-order valence-electron chi connectivity index (χ0n) is 6.05. The van der Waals surface area contributed by atoms with Crippen molar-refractivity contribution in [1.29, 1.82) is 0 Å². The first-order chi connectivity index (χ1) is 5.60. The number of halogens is 7. The van der Waals surface area contributed by atoms with Gasteiger partial charge < -0.3 is 4.74 Å². The smallest absolute Gasteiger partial charge is 0.452 e. The van der Waals surface area contributed by atoms with Gasteiger partial charge in [0, 0.05) is 0 Å². The molecule has 0 aliphatic rings. The van der Waals surface area contributed by atoms with E-state index in [0.717, 1.165) is 0 Å². The van der Waals surface area contributed by atoms with Gasteiger partial charge >= 0.3 is 12.4 Å². The molecule has 78 valence electrons. The standard InChI is InChI=1S/C5H3F7O/c1-13-3(5(10,11)12)2(6)4(7,8)9/h1H3/b3-2-. The van der Waals surface area contributed by atoms with E-state index in [1.54, 1.807) is 0 Å². The number of hydrogen-bond donors (Lipinski definition) is 0. The number of allylic oxidation sites excluding steroid dienone is 2. The molecule has 0 fully saturated rings. The Hall–Kier alpha value is -0.950. The van der Waals surface area contributed by atoms with E-state index in [0.29, 0.717) is 7.11 Å². The SMILES string of the molecule is CO/C(=C(\F)C(F)(F)F)C(F)(F)F. The molecule has 1 nitrogen and oxygen atoms in total. The Labute approximate surface area is 67.8 Å². The van der Waals surface area contributed by atoms with Crippen molar-refractivity contribution in [1.82, 2.24) is 0 Å². The van der Waals surface area contributed by atoms with Gasteiger partial charge in [-0.25, -0.2) is 0 Å². The molecule has 13 heavy (non-hydrogen) atoms. The average molecular weight is 212 g/mol. The zero-order chi connectivity index (χ0) is 10.9. The van der Waals surface area contributed by atoms with E-state index in [-0.39, 0.29) is 0 Å². The quantitative estimate of drug-likeness (QED) is 0.479. The Morgan fingerprint density at radius 1 is 0.923 bits per heavy atom. The van der Waals surface area contributed by atoms with Gasteiger partial charge in [-0.3, -0.25) is 0 Å². The Morgan fingerprint density at radius 3 is 1.38 bits per heavy atom. The van der Waals surface area contributed by atoms with Crippen LogP contribution < -0.4 is 0 Å². The highest BCUT2D eigenvalue weighted by Gasteiger charge is 2.48. The third-order valence-corrected chi connectivity index (χ3v) is 0.910. The van der Waals surface area contributed by atoms with E-state index >= 15 is 0 Å². The van der Waals surface area contributed by atoms with E-state index in [4.69, 9.17) is 0 Å². The fraction of sp³-hybridized carbons (Fsp3) is 0.600. The predicted octanol–water partition coefficient (Wildman–Crippen LogP) is 2.94. The van der Waals surface area contributed by atoms with Crippen LogP contribution in [0.4, 0.5) is 30.7 Å². The maximum Gasteiger partial charge on any atom is 0.452 e. The summed E-state index contributed by atoms with van der Waals surface area (Å²) in [7, 11) is 0.300. The Morgan fingerprint density at radius 2 is 1.31 bits per heavy atom. The first-order valence-corrected chi connectivity index (χ1v) is 2.69. The van der Waals surface area contributed by atoms with E-state index < -0.39 is 23.9 Å². The van der Waals surface area contributed by atoms with Crippen molar-refractivity contribution in [2.45, 2.75) is 12.4 Å². The van der Waals surface area contributed by atoms with Crippen LogP contribution in [-0.4, -0.2) is 19.5 Å². The topological polar surface area (TPSA) is 9.23 Å². The van der Waals surface area contributed by atoms with Gasteiger partial charge in [-0.15, -0.1) is 0 Å². The van der Waals surface area contributed by atoms with Gasteiger partial charge in [0.1, 0.15) is 0 Å². The maximum absolute atomic E-state index is 12.0. The molecule has 0 rings (SSSR count). The van der Waals surface area contributed by atoms with E-state index in [9.17, 15) is 30.7 Å². The highest BCUT2D eigenvalue weighted by molar-refractivity contribution is 5.11. The average Bonchev–Trinajstić information content (AvgIpc) is 1.83. The molecule has 0 bridgehead atoms. The van der Waals surface area contributed by atoms with Crippen LogP contribution in [0.5, 0.6) is 0 Å². The fourth-order valence-corrected chi connectivity index (χ4v) is 0.459. The van der Waals surface area contributed by atoms with Crippen LogP contribution in [0.1, 0.15) is 0 Å². The van der Waals surface area contributed by atoms with Crippen molar-refractivity contribution in [3.63, 3.8) is 0 Å². The molecule has 0 aliphatic carbocycles. The highest BCUT2D eigenvalue weighted by Crippen LogP contribution is 2.36. The molecule has 0 aromatic carbocycles.